The highest BCUT2D eigenvalue weighted by Gasteiger charge is 2.12. The molecule has 0 fully saturated rings. The Morgan fingerprint density at radius 3 is 2.29 bits per heavy atom. The maximum absolute atomic E-state index is 12.3. The first-order valence-corrected chi connectivity index (χ1v) is 10.7. The van der Waals surface area contributed by atoms with E-state index in [0.29, 0.717) is 33.5 Å². The van der Waals surface area contributed by atoms with Gasteiger partial charge < -0.3 is 10.1 Å². The van der Waals surface area contributed by atoms with Crippen LogP contribution >= 0.6 is 28.1 Å². The molecule has 0 saturated heterocycles. The number of anilines is 1. The molecule has 4 N–H and O–H groups in total. The van der Waals surface area contributed by atoms with Gasteiger partial charge in [-0.2, -0.15) is 0 Å². The van der Waals surface area contributed by atoms with Crippen LogP contribution in [0.4, 0.5) is 5.69 Å². The number of hydrazine groups is 1. The van der Waals surface area contributed by atoms with Crippen LogP contribution in [-0.4, -0.2) is 29.9 Å². The zero-order valence-electron chi connectivity index (χ0n) is 17.1. The Balaban J connectivity index is 1.83. The van der Waals surface area contributed by atoms with Crippen LogP contribution in [0.2, 0.25) is 0 Å². The average molecular weight is 507 g/mol. The molecule has 8 nitrogen and oxygen atoms in total. The number of ether oxygens (including phenoxy) is 1. The molecule has 0 aliphatic carbocycles. The Kier molecular flexibility index (Phi) is 9.41. The predicted molar refractivity (Wildman–Crippen MR) is 126 cm³/mol. The van der Waals surface area contributed by atoms with Crippen molar-refractivity contribution in [2.45, 2.75) is 26.2 Å². The number of carbonyl (C=O) groups excluding carboxylic acids is 3. The standard InChI is InChI=1S/C21H23BrN4O4S/c1-3-4-5-18(27)23-15-9-6-13(7-10-15)20(29)25-26-21(31)24-19(28)14-8-11-17(30-2)16(22)12-14/h6-12H,3-5H2,1-2H3,(H,23,27)(H,25,29)(H2,24,26,28,31). The van der Waals surface area contributed by atoms with Crippen molar-refractivity contribution >= 4 is 56.7 Å². The molecule has 0 aliphatic heterocycles. The van der Waals surface area contributed by atoms with E-state index in [1.54, 1.807) is 42.5 Å². The second-order valence-corrected chi connectivity index (χ2v) is 7.70. The van der Waals surface area contributed by atoms with Crippen molar-refractivity contribution in [3.05, 3.63) is 58.1 Å². The lowest BCUT2D eigenvalue weighted by Gasteiger charge is -2.12. The van der Waals surface area contributed by atoms with Gasteiger partial charge in [0.15, 0.2) is 5.11 Å². The summed E-state index contributed by atoms with van der Waals surface area (Å²) >= 11 is 8.35. The number of nitrogens with one attached hydrogen (secondary N) is 4. The van der Waals surface area contributed by atoms with Crippen LogP contribution in [0.3, 0.4) is 0 Å². The van der Waals surface area contributed by atoms with Gasteiger partial charge in [-0.15, -0.1) is 0 Å². The number of halogens is 1. The number of hydrogen-bond acceptors (Lipinski definition) is 5. The van der Waals surface area contributed by atoms with Crippen molar-refractivity contribution in [1.82, 2.24) is 16.2 Å². The molecule has 0 radical (unpaired) electrons. The SMILES string of the molecule is CCCCC(=O)Nc1ccc(C(=O)NNC(=S)NC(=O)c2ccc(OC)c(Br)c2)cc1. The van der Waals surface area contributed by atoms with Crippen molar-refractivity contribution in [2.75, 3.05) is 12.4 Å². The minimum absolute atomic E-state index is 0.0642. The van der Waals surface area contributed by atoms with Crippen LogP contribution in [0, 0.1) is 0 Å². The van der Waals surface area contributed by atoms with Gasteiger partial charge in [-0.1, -0.05) is 13.3 Å². The summed E-state index contributed by atoms with van der Waals surface area (Å²) in [4.78, 5) is 36.3. The summed E-state index contributed by atoms with van der Waals surface area (Å²) in [6.07, 6.45) is 2.23. The lowest BCUT2D eigenvalue weighted by molar-refractivity contribution is -0.116. The molecular formula is C21H23BrN4O4S. The van der Waals surface area contributed by atoms with Gasteiger partial charge in [0.05, 0.1) is 11.6 Å². The number of rotatable bonds is 7. The second-order valence-electron chi connectivity index (χ2n) is 6.44. The maximum Gasteiger partial charge on any atom is 0.269 e. The quantitative estimate of drug-likeness (QED) is 0.337. The van der Waals surface area contributed by atoms with Crippen molar-refractivity contribution in [2.24, 2.45) is 0 Å². The molecule has 0 unspecified atom stereocenters. The molecule has 0 spiro atoms. The molecule has 0 atom stereocenters. The molecule has 0 saturated carbocycles. The number of thiocarbonyl (C=S) groups is 1. The van der Waals surface area contributed by atoms with Gasteiger partial charge in [0.25, 0.3) is 11.8 Å². The first-order chi connectivity index (χ1) is 14.8. The van der Waals surface area contributed by atoms with Crippen molar-refractivity contribution in [3.8, 4) is 5.75 Å². The molecule has 0 aliphatic rings. The van der Waals surface area contributed by atoms with E-state index in [2.05, 4.69) is 37.4 Å². The van der Waals surface area contributed by atoms with Gasteiger partial charge in [-0.05, 0) is 77.0 Å². The molecule has 0 aromatic heterocycles. The fraction of sp³-hybridized carbons (Fsp3) is 0.238. The third kappa shape index (κ3) is 7.65. The lowest BCUT2D eigenvalue weighted by atomic mass is 10.2. The summed E-state index contributed by atoms with van der Waals surface area (Å²) < 4.78 is 5.75. The Hall–Kier alpha value is -2.98. The number of unbranched alkanes of at least 4 members (excludes halogenated alkanes) is 1. The van der Waals surface area contributed by atoms with Crippen LogP contribution in [0.1, 0.15) is 46.9 Å². The average Bonchev–Trinajstić information content (AvgIpc) is 2.76. The minimum Gasteiger partial charge on any atom is -0.496 e. The number of hydrogen-bond donors (Lipinski definition) is 4. The minimum atomic E-state index is -0.451. The molecule has 2 rings (SSSR count). The largest absolute Gasteiger partial charge is 0.496 e. The third-order valence-corrected chi connectivity index (χ3v) is 4.94. The highest BCUT2D eigenvalue weighted by molar-refractivity contribution is 9.10. The van der Waals surface area contributed by atoms with Gasteiger partial charge in [-0.25, -0.2) is 0 Å². The summed E-state index contributed by atoms with van der Waals surface area (Å²) in [7, 11) is 1.53. The van der Waals surface area contributed by atoms with Crippen LogP contribution in [0.15, 0.2) is 46.9 Å². The van der Waals surface area contributed by atoms with E-state index in [-0.39, 0.29) is 11.0 Å². The maximum atomic E-state index is 12.3. The number of carbonyl (C=O) groups is 3. The van der Waals surface area contributed by atoms with Gasteiger partial charge >= 0.3 is 0 Å². The smallest absolute Gasteiger partial charge is 0.269 e. The summed E-state index contributed by atoms with van der Waals surface area (Å²) in [5.41, 5.74) is 6.22. The fourth-order valence-corrected chi connectivity index (χ4v) is 3.15. The van der Waals surface area contributed by atoms with Crippen molar-refractivity contribution < 1.29 is 19.1 Å². The summed E-state index contributed by atoms with van der Waals surface area (Å²) in [5, 5.41) is 5.18. The van der Waals surface area contributed by atoms with Gasteiger partial charge in [0.1, 0.15) is 5.75 Å². The Morgan fingerprint density at radius 2 is 1.68 bits per heavy atom. The Labute approximate surface area is 194 Å². The van der Waals surface area contributed by atoms with E-state index in [1.165, 1.54) is 7.11 Å². The zero-order chi connectivity index (χ0) is 22.8. The molecule has 2 aromatic rings. The first-order valence-electron chi connectivity index (χ1n) is 9.49. The van der Waals surface area contributed by atoms with E-state index in [0.717, 1.165) is 12.8 Å². The van der Waals surface area contributed by atoms with E-state index in [1.807, 2.05) is 6.92 Å². The molecule has 164 valence electrons. The van der Waals surface area contributed by atoms with Crippen LogP contribution in [0.25, 0.3) is 0 Å². The second kappa shape index (κ2) is 12.0. The topological polar surface area (TPSA) is 109 Å². The summed E-state index contributed by atoms with van der Waals surface area (Å²) in [5.74, 6) is -0.368. The number of benzene rings is 2. The Morgan fingerprint density at radius 1 is 1.00 bits per heavy atom. The monoisotopic (exact) mass is 506 g/mol. The Bertz CT molecular complexity index is 966. The zero-order valence-corrected chi connectivity index (χ0v) is 19.5. The molecular weight excluding hydrogens is 484 g/mol. The van der Waals surface area contributed by atoms with E-state index < -0.39 is 11.8 Å². The van der Waals surface area contributed by atoms with E-state index in [4.69, 9.17) is 17.0 Å². The first kappa shape index (κ1) is 24.3. The summed E-state index contributed by atoms with van der Waals surface area (Å²) in [6.45, 7) is 2.02. The van der Waals surface area contributed by atoms with Gasteiger partial charge in [0, 0.05) is 23.2 Å². The van der Waals surface area contributed by atoms with Crippen LogP contribution in [0.5, 0.6) is 5.75 Å². The molecule has 0 bridgehead atoms. The highest BCUT2D eigenvalue weighted by atomic mass is 79.9. The van der Waals surface area contributed by atoms with Crippen molar-refractivity contribution in [1.29, 1.82) is 0 Å². The molecule has 2 aromatic carbocycles. The third-order valence-electron chi connectivity index (χ3n) is 4.12. The fourth-order valence-electron chi connectivity index (χ4n) is 2.47. The van der Waals surface area contributed by atoms with Crippen molar-refractivity contribution in [3.63, 3.8) is 0 Å². The molecule has 3 amide bonds. The van der Waals surface area contributed by atoms with Crippen LogP contribution < -0.4 is 26.2 Å². The van der Waals surface area contributed by atoms with Gasteiger partial charge in [0.2, 0.25) is 5.91 Å². The lowest BCUT2D eigenvalue weighted by Crippen LogP contribution is -2.48. The molecule has 10 heteroatoms. The highest BCUT2D eigenvalue weighted by Crippen LogP contribution is 2.25. The number of amides is 3. The number of methoxy groups -OCH3 is 1. The predicted octanol–water partition coefficient (Wildman–Crippen LogP) is 3.54. The summed E-state index contributed by atoms with van der Waals surface area (Å²) in [6, 6.07) is 11.3. The van der Waals surface area contributed by atoms with E-state index in [9.17, 15) is 14.4 Å². The van der Waals surface area contributed by atoms with Gasteiger partial charge in [-0.3, -0.25) is 30.6 Å². The van der Waals surface area contributed by atoms with E-state index >= 15 is 0 Å². The normalized spacial score (nSPS) is 10.0. The molecule has 0 heterocycles. The van der Waals surface area contributed by atoms with Crippen LogP contribution in [-0.2, 0) is 4.79 Å². The molecule has 31 heavy (non-hydrogen) atoms.